The van der Waals surface area contributed by atoms with Crippen LogP contribution in [0.2, 0.25) is 0 Å². The molecule has 0 saturated carbocycles. The number of benzene rings is 2. The van der Waals surface area contributed by atoms with E-state index in [4.69, 9.17) is 4.74 Å². The maximum Gasteiger partial charge on any atom is 0.320 e. The molecule has 0 aliphatic rings. The first kappa shape index (κ1) is 19.8. The summed E-state index contributed by atoms with van der Waals surface area (Å²) in [4.78, 5) is 9.14. The molecule has 0 radical (unpaired) electrons. The summed E-state index contributed by atoms with van der Waals surface area (Å²) in [5, 5.41) is 19.4. The van der Waals surface area contributed by atoms with Gasteiger partial charge in [0.1, 0.15) is 5.82 Å². The van der Waals surface area contributed by atoms with E-state index >= 15 is 0 Å². The lowest BCUT2D eigenvalue weighted by molar-refractivity contribution is 0.160. The molecule has 7 nitrogen and oxygen atoms in total. The highest BCUT2D eigenvalue weighted by atomic mass is 16.5. The van der Waals surface area contributed by atoms with E-state index in [2.05, 4.69) is 20.4 Å². The van der Waals surface area contributed by atoms with Crippen LogP contribution < -0.4 is 10.1 Å². The molecule has 0 amide bonds. The van der Waals surface area contributed by atoms with Crippen LogP contribution in [-0.2, 0) is 0 Å². The smallest absolute Gasteiger partial charge is 0.320 e. The number of rotatable bonds is 8. The number of fused-ring (bicyclic) bond motifs is 1. The average Bonchev–Trinajstić information content (AvgIpc) is 3.22. The van der Waals surface area contributed by atoms with Gasteiger partial charge in [0.2, 0.25) is 0 Å². The van der Waals surface area contributed by atoms with Crippen molar-refractivity contribution < 1.29 is 9.84 Å². The highest BCUT2D eigenvalue weighted by molar-refractivity contribution is 5.87. The Hall–Kier alpha value is -3.45. The van der Waals surface area contributed by atoms with Crippen LogP contribution in [0.3, 0.4) is 0 Å². The number of aliphatic hydroxyl groups excluding tert-OH is 1. The Bertz CT molecular complexity index is 1100. The first-order chi connectivity index (χ1) is 14.7. The Labute approximate surface area is 175 Å². The molecule has 0 saturated heterocycles. The predicted octanol–water partition coefficient (Wildman–Crippen LogP) is 4.14. The van der Waals surface area contributed by atoms with E-state index in [0.717, 1.165) is 23.1 Å². The van der Waals surface area contributed by atoms with Crippen LogP contribution in [0.1, 0.15) is 31.9 Å². The zero-order valence-corrected chi connectivity index (χ0v) is 17.1. The van der Waals surface area contributed by atoms with E-state index in [9.17, 15) is 5.11 Å². The Kier molecular flexibility index (Phi) is 5.90. The van der Waals surface area contributed by atoms with Gasteiger partial charge in [-0.05, 0) is 31.0 Å². The second-order valence-corrected chi connectivity index (χ2v) is 7.12. The molecule has 0 aliphatic carbocycles. The molecule has 2 heterocycles. The summed E-state index contributed by atoms with van der Waals surface area (Å²) in [5.74, 6) is 0.579. The van der Waals surface area contributed by atoms with Crippen molar-refractivity contribution in [2.24, 2.45) is 0 Å². The SMILES string of the molecule is CCCOc1nc(N[C@@H](C)[C@@H](O)c2ccccc2)c2cnn(-c3ccccc3)c2n1. The minimum absolute atomic E-state index is 0.283. The molecule has 4 rings (SSSR count). The summed E-state index contributed by atoms with van der Waals surface area (Å²) < 4.78 is 7.49. The molecular formula is C23H25N5O2. The number of para-hydroxylation sites is 1. The van der Waals surface area contributed by atoms with Crippen LogP contribution in [0, 0.1) is 0 Å². The third kappa shape index (κ3) is 4.11. The van der Waals surface area contributed by atoms with Gasteiger partial charge in [0.15, 0.2) is 5.65 Å². The van der Waals surface area contributed by atoms with Crippen molar-refractivity contribution in [1.82, 2.24) is 19.7 Å². The summed E-state index contributed by atoms with van der Waals surface area (Å²) >= 11 is 0. The van der Waals surface area contributed by atoms with Gasteiger partial charge in [0.25, 0.3) is 0 Å². The molecular weight excluding hydrogens is 378 g/mol. The second-order valence-electron chi connectivity index (χ2n) is 7.12. The largest absolute Gasteiger partial charge is 0.463 e. The van der Waals surface area contributed by atoms with Gasteiger partial charge >= 0.3 is 6.01 Å². The number of nitrogens with zero attached hydrogens (tertiary/aromatic N) is 4. The fourth-order valence-corrected chi connectivity index (χ4v) is 3.25. The highest BCUT2D eigenvalue weighted by Gasteiger charge is 2.20. The Balaban J connectivity index is 1.72. The van der Waals surface area contributed by atoms with Crippen LogP contribution in [0.15, 0.2) is 66.9 Å². The number of hydrogen-bond acceptors (Lipinski definition) is 6. The third-order valence-electron chi connectivity index (χ3n) is 4.82. The standard InChI is InChI=1S/C23H25N5O2/c1-3-14-30-23-26-21(25-16(2)20(29)17-10-6-4-7-11-17)19-15-24-28(22(19)27-23)18-12-8-5-9-13-18/h4-13,15-16,20,29H,3,14H2,1-2H3,(H,25,26,27)/t16-,20+/m0/s1. The maximum absolute atomic E-state index is 10.8. The molecule has 0 unspecified atom stereocenters. The highest BCUT2D eigenvalue weighted by Crippen LogP contribution is 2.27. The lowest BCUT2D eigenvalue weighted by atomic mass is 10.0. The fourth-order valence-electron chi connectivity index (χ4n) is 3.25. The summed E-state index contributed by atoms with van der Waals surface area (Å²) in [6, 6.07) is 19.4. The fraction of sp³-hybridized carbons (Fsp3) is 0.261. The van der Waals surface area contributed by atoms with Crippen LogP contribution >= 0.6 is 0 Å². The van der Waals surface area contributed by atoms with Gasteiger partial charge in [-0.1, -0.05) is 55.5 Å². The number of anilines is 1. The first-order valence-corrected chi connectivity index (χ1v) is 10.1. The van der Waals surface area contributed by atoms with E-state index < -0.39 is 6.10 Å². The molecule has 2 atom stereocenters. The van der Waals surface area contributed by atoms with E-state index in [1.165, 1.54) is 0 Å². The Morgan fingerprint density at radius 1 is 1.03 bits per heavy atom. The first-order valence-electron chi connectivity index (χ1n) is 10.1. The number of aliphatic hydroxyl groups is 1. The van der Waals surface area contributed by atoms with Crippen molar-refractivity contribution in [3.8, 4) is 11.7 Å². The monoisotopic (exact) mass is 403 g/mol. The van der Waals surface area contributed by atoms with Crippen molar-refractivity contribution in [3.63, 3.8) is 0 Å². The van der Waals surface area contributed by atoms with Gasteiger partial charge < -0.3 is 15.2 Å². The van der Waals surface area contributed by atoms with Crippen LogP contribution in [-0.4, -0.2) is 37.5 Å². The van der Waals surface area contributed by atoms with Crippen LogP contribution in [0.25, 0.3) is 16.7 Å². The van der Waals surface area contributed by atoms with Crippen LogP contribution in [0.4, 0.5) is 5.82 Å². The number of nitrogens with one attached hydrogen (secondary N) is 1. The molecule has 0 spiro atoms. The molecule has 2 aromatic heterocycles. The average molecular weight is 403 g/mol. The van der Waals surface area contributed by atoms with Gasteiger partial charge in [-0.2, -0.15) is 15.1 Å². The van der Waals surface area contributed by atoms with Gasteiger partial charge in [0, 0.05) is 0 Å². The molecule has 4 aromatic rings. The Morgan fingerprint density at radius 3 is 2.43 bits per heavy atom. The van der Waals surface area contributed by atoms with Crippen molar-refractivity contribution >= 4 is 16.9 Å². The molecule has 154 valence electrons. The molecule has 7 heteroatoms. The summed E-state index contributed by atoms with van der Waals surface area (Å²) in [6.45, 7) is 4.47. The number of hydrogen-bond donors (Lipinski definition) is 2. The van der Waals surface area contributed by atoms with E-state index in [1.807, 2.05) is 74.5 Å². The Morgan fingerprint density at radius 2 is 1.73 bits per heavy atom. The van der Waals surface area contributed by atoms with E-state index in [1.54, 1.807) is 10.9 Å². The third-order valence-corrected chi connectivity index (χ3v) is 4.82. The molecule has 0 bridgehead atoms. The maximum atomic E-state index is 10.8. The molecule has 30 heavy (non-hydrogen) atoms. The minimum atomic E-state index is -0.694. The number of aromatic nitrogens is 4. The summed E-state index contributed by atoms with van der Waals surface area (Å²) in [7, 11) is 0. The van der Waals surface area contributed by atoms with Crippen molar-refractivity contribution in [1.29, 1.82) is 0 Å². The van der Waals surface area contributed by atoms with Crippen molar-refractivity contribution in [2.45, 2.75) is 32.4 Å². The normalized spacial score (nSPS) is 13.2. The summed E-state index contributed by atoms with van der Waals surface area (Å²) in [5.41, 5.74) is 2.38. The van der Waals surface area contributed by atoms with Gasteiger partial charge in [-0.3, -0.25) is 0 Å². The molecule has 2 N–H and O–H groups in total. The van der Waals surface area contributed by atoms with Crippen LogP contribution in [0.5, 0.6) is 6.01 Å². The zero-order valence-electron chi connectivity index (χ0n) is 17.1. The lowest BCUT2D eigenvalue weighted by Gasteiger charge is -2.21. The lowest BCUT2D eigenvalue weighted by Crippen LogP contribution is -2.25. The quantitative estimate of drug-likeness (QED) is 0.460. The summed E-state index contributed by atoms with van der Waals surface area (Å²) in [6.07, 6.45) is 1.89. The van der Waals surface area contributed by atoms with E-state index in [-0.39, 0.29) is 12.1 Å². The van der Waals surface area contributed by atoms with Gasteiger partial charge in [-0.15, -0.1) is 0 Å². The number of ether oxygens (including phenoxy) is 1. The second kappa shape index (κ2) is 8.92. The molecule has 2 aromatic carbocycles. The minimum Gasteiger partial charge on any atom is -0.463 e. The zero-order chi connectivity index (χ0) is 20.9. The topological polar surface area (TPSA) is 85.1 Å². The van der Waals surface area contributed by atoms with Crippen molar-refractivity contribution in [2.75, 3.05) is 11.9 Å². The molecule has 0 aliphatic heterocycles. The predicted molar refractivity (Wildman–Crippen MR) is 117 cm³/mol. The van der Waals surface area contributed by atoms with E-state index in [0.29, 0.717) is 18.1 Å². The van der Waals surface area contributed by atoms with Crippen molar-refractivity contribution in [3.05, 3.63) is 72.4 Å². The molecule has 0 fully saturated rings. The van der Waals surface area contributed by atoms with Gasteiger partial charge in [0.05, 0.1) is 36.0 Å². The van der Waals surface area contributed by atoms with Gasteiger partial charge in [-0.25, -0.2) is 4.68 Å².